The number of aromatic amines is 1. The number of hydrogen-bond acceptors (Lipinski definition) is 4. The number of rotatable bonds is 5. The Kier molecular flexibility index (Phi) is 5.51. The van der Waals surface area contributed by atoms with Gasteiger partial charge in [0.15, 0.2) is 0 Å². The summed E-state index contributed by atoms with van der Waals surface area (Å²) in [6.07, 6.45) is 4.28. The van der Waals surface area contributed by atoms with Gasteiger partial charge in [0, 0.05) is 37.6 Å². The monoisotopic (exact) mass is 463 g/mol. The minimum absolute atomic E-state index is 0.150. The molecule has 0 spiro atoms. The van der Waals surface area contributed by atoms with Gasteiger partial charge in [0.1, 0.15) is 16.4 Å². The van der Waals surface area contributed by atoms with E-state index in [4.69, 9.17) is 0 Å². The molecule has 0 radical (unpaired) electrons. The lowest BCUT2D eigenvalue weighted by atomic mass is 10.2. The predicted octanol–water partition coefficient (Wildman–Crippen LogP) is 4.00. The minimum Gasteiger partial charge on any atom is -0.345 e. The number of carbonyl (C=O) groups is 1. The van der Waals surface area contributed by atoms with Crippen molar-refractivity contribution in [2.24, 2.45) is 7.05 Å². The summed E-state index contributed by atoms with van der Waals surface area (Å²) in [7, 11) is -1.92. The highest BCUT2D eigenvalue weighted by Crippen LogP contribution is 2.24. The van der Waals surface area contributed by atoms with Crippen LogP contribution in [0.2, 0.25) is 0 Å². The molecule has 33 heavy (non-hydrogen) atoms. The number of para-hydroxylation sites is 2. The van der Waals surface area contributed by atoms with Crippen LogP contribution in [0.25, 0.3) is 22.4 Å². The van der Waals surface area contributed by atoms with Gasteiger partial charge in [-0.1, -0.05) is 18.6 Å². The van der Waals surface area contributed by atoms with Crippen LogP contribution in [0.4, 0.5) is 5.69 Å². The molecule has 8 nitrogen and oxygen atoms in total. The molecular formula is C24H25N5O3S. The van der Waals surface area contributed by atoms with Gasteiger partial charge in [-0.05, 0) is 55.3 Å². The number of piperidine rings is 1. The first-order valence-corrected chi connectivity index (χ1v) is 12.4. The molecule has 170 valence electrons. The third-order valence-electron chi connectivity index (χ3n) is 5.97. The number of H-pyrrole nitrogens is 1. The van der Waals surface area contributed by atoms with E-state index < -0.39 is 10.0 Å². The van der Waals surface area contributed by atoms with Crippen molar-refractivity contribution in [2.75, 3.05) is 18.4 Å². The normalized spacial score (nSPS) is 15.1. The fourth-order valence-electron chi connectivity index (χ4n) is 4.15. The number of aryl methyl sites for hydroxylation is 1. The van der Waals surface area contributed by atoms with Crippen LogP contribution < -0.4 is 5.32 Å². The summed E-state index contributed by atoms with van der Waals surface area (Å²) < 4.78 is 28.9. The Balaban J connectivity index is 1.32. The number of anilines is 1. The van der Waals surface area contributed by atoms with E-state index in [1.54, 1.807) is 23.7 Å². The van der Waals surface area contributed by atoms with E-state index in [0.717, 1.165) is 41.7 Å². The molecule has 0 aliphatic carbocycles. The smallest absolute Gasteiger partial charge is 0.272 e. The molecule has 1 fully saturated rings. The van der Waals surface area contributed by atoms with Gasteiger partial charge in [-0.2, -0.15) is 4.31 Å². The number of sulfonamides is 1. The number of aromatic nitrogens is 3. The summed E-state index contributed by atoms with van der Waals surface area (Å²) in [6, 6.07) is 16.6. The van der Waals surface area contributed by atoms with Crippen molar-refractivity contribution >= 4 is 32.7 Å². The highest BCUT2D eigenvalue weighted by molar-refractivity contribution is 7.89. The molecule has 2 aromatic heterocycles. The summed E-state index contributed by atoms with van der Waals surface area (Å²) in [5.41, 5.74) is 3.65. The van der Waals surface area contributed by atoms with Gasteiger partial charge < -0.3 is 14.9 Å². The molecule has 0 saturated carbocycles. The number of hydrogen-bond donors (Lipinski definition) is 2. The Labute approximate surface area is 192 Å². The average molecular weight is 464 g/mol. The maximum atomic E-state index is 12.9. The molecular weight excluding hydrogens is 438 g/mol. The van der Waals surface area contributed by atoms with E-state index in [0.29, 0.717) is 18.8 Å². The lowest BCUT2D eigenvalue weighted by Gasteiger charge is -2.25. The Hall–Kier alpha value is -3.43. The van der Waals surface area contributed by atoms with Crippen molar-refractivity contribution in [2.45, 2.75) is 24.2 Å². The SMILES string of the molecule is Cn1cc(S(=O)(=O)N2CCCCC2)cc1C(=O)Nc1ccc(-c2nc3ccccc3[nH]2)cc1. The number of amides is 1. The molecule has 2 aromatic carbocycles. The van der Waals surface area contributed by atoms with Crippen molar-refractivity contribution in [3.8, 4) is 11.4 Å². The Morgan fingerprint density at radius 3 is 2.48 bits per heavy atom. The molecule has 1 aliphatic rings. The topological polar surface area (TPSA) is 100 Å². The standard InChI is InChI=1S/C24H25N5O3S/c1-28-16-19(33(31,32)29-13-5-2-6-14-29)15-22(28)24(30)25-18-11-9-17(10-12-18)23-26-20-7-3-4-8-21(20)27-23/h3-4,7-12,15-16H,2,5-6,13-14H2,1H3,(H,25,30)(H,26,27). The van der Waals surface area contributed by atoms with E-state index in [1.807, 2.05) is 36.4 Å². The van der Waals surface area contributed by atoms with Crippen LogP contribution in [0.15, 0.2) is 65.7 Å². The van der Waals surface area contributed by atoms with Crippen molar-refractivity contribution in [1.82, 2.24) is 18.8 Å². The fraction of sp³-hybridized carbons (Fsp3) is 0.250. The molecule has 9 heteroatoms. The summed E-state index contributed by atoms with van der Waals surface area (Å²) in [5, 5.41) is 2.85. The van der Waals surface area contributed by atoms with Crippen molar-refractivity contribution in [1.29, 1.82) is 0 Å². The molecule has 2 N–H and O–H groups in total. The fourth-order valence-corrected chi connectivity index (χ4v) is 5.74. The van der Waals surface area contributed by atoms with Gasteiger partial charge in [0.25, 0.3) is 5.91 Å². The predicted molar refractivity (Wildman–Crippen MR) is 128 cm³/mol. The van der Waals surface area contributed by atoms with Crippen molar-refractivity contribution < 1.29 is 13.2 Å². The number of imidazole rings is 1. The quantitative estimate of drug-likeness (QED) is 0.467. The zero-order valence-corrected chi connectivity index (χ0v) is 19.1. The largest absolute Gasteiger partial charge is 0.345 e. The molecule has 0 unspecified atom stereocenters. The zero-order chi connectivity index (χ0) is 23.0. The number of nitrogens with zero attached hydrogens (tertiary/aromatic N) is 3. The molecule has 1 amide bonds. The Bertz CT molecular complexity index is 1380. The first-order chi connectivity index (χ1) is 15.9. The summed E-state index contributed by atoms with van der Waals surface area (Å²) in [4.78, 5) is 20.9. The first-order valence-electron chi connectivity index (χ1n) is 10.9. The third-order valence-corrected chi connectivity index (χ3v) is 7.83. The highest BCUT2D eigenvalue weighted by Gasteiger charge is 2.28. The number of benzene rings is 2. The molecule has 1 saturated heterocycles. The van der Waals surface area contributed by atoms with E-state index >= 15 is 0 Å². The average Bonchev–Trinajstić information content (AvgIpc) is 3.44. The summed E-state index contributed by atoms with van der Waals surface area (Å²) >= 11 is 0. The molecule has 3 heterocycles. The van der Waals surface area contributed by atoms with Gasteiger partial charge in [-0.3, -0.25) is 4.79 Å². The second-order valence-corrected chi connectivity index (χ2v) is 10.2. The summed E-state index contributed by atoms with van der Waals surface area (Å²) in [5.74, 6) is 0.387. The lowest BCUT2D eigenvalue weighted by Crippen LogP contribution is -2.35. The van der Waals surface area contributed by atoms with Crippen molar-refractivity contribution in [3.63, 3.8) is 0 Å². The highest BCUT2D eigenvalue weighted by atomic mass is 32.2. The number of carbonyl (C=O) groups excluding carboxylic acids is 1. The van der Waals surface area contributed by atoms with Crippen LogP contribution in [0.1, 0.15) is 29.8 Å². The van der Waals surface area contributed by atoms with E-state index in [1.165, 1.54) is 16.6 Å². The summed E-state index contributed by atoms with van der Waals surface area (Å²) in [6.45, 7) is 1.05. The lowest BCUT2D eigenvalue weighted by molar-refractivity contribution is 0.101. The van der Waals surface area contributed by atoms with Crippen LogP contribution in [-0.4, -0.2) is 46.3 Å². The van der Waals surface area contributed by atoms with E-state index in [2.05, 4.69) is 15.3 Å². The van der Waals surface area contributed by atoms with Gasteiger partial charge in [-0.15, -0.1) is 0 Å². The molecule has 1 aliphatic heterocycles. The van der Waals surface area contributed by atoms with Gasteiger partial charge in [0.2, 0.25) is 10.0 Å². The molecule has 4 aromatic rings. The Morgan fingerprint density at radius 2 is 1.76 bits per heavy atom. The number of fused-ring (bicyclic) bond motifs is 1. The molecule has 0 atom stereocenters. The van der Waals surface area contributed by atoms with E-state index in [-0.39, 0.29) is 16.5 Å². The molecule has 5 rings (SSSR count). The first kappa shape index (κ1) is 21.4. The molecule has 0 bridgehead atoms. The van der Waals surface area contributed by atoms with Gasteiger partial charge >= 0.3 is 0 Å². The van der Waals surface area contributed by atoms with Crippen LogP contribution >= 0.6 is 0 Å². The second kappa shape index (κ2) is 8.49. The van der Waals surface area contributed by atoms with Gasteiger partial charge in [0.05, 0.1) is 11.0 Å². The second-order valence-electron chi connectivity index (χ2n) is 8.27. The van der Waals surface area contributed by atoms with Crippen molar-refractivity contribution in [3.05, 3.63) is 66.5 Å². The minimum atomic E-state index is -3.60. The maximum absolute atomic E-state index is 12.9. The van der Waals surface area contributed by atoms with E-state index in [9.17, 15) is 13.2 Å². The zero-order valence-electron chi connectivity index (χ0n) is 18.3. The maximum Gasteiger partial charge on any atom is 0.272 e. The van der Waals surface area contributed by atoms with Crippen LogP contribution in [0, 0.1) is 0 Å². The Morgan fingerprint density at radius 1 is 1.03 bits per heavy atom. The van der Waals surface area contributed by atoms with Crippen LogP contribution in [0.5, 0.6) is 0 Å². The van der Waals surface area contributed by atoms with Crippen LogP contribution in [0.3, 0.4) is 0 Å². The number of nitrogens with one attached hydrogen (secondary N) is 2. The third kappa shape index (κ3) is 4.17. The van der Waals surface area contributed by atoms with Crippen LogP contribution in [-0.2, 0) is 17.1 Å². The van der Waals surface area contributed by atoms with Gasteiger partial charge in [-0.25, -0.2) is 13.4 Å².